The van der Waals surface area contributed by atoms with E-state index in [1.54, 1.807) is 6.07 Å². The van der Waals surface area contributed by atoms with Crippen LogP contribution in [0.3, 0.4) is 0 Å². The van der Waals surface area contributed by atoms with Crippen LogP contribution in [0.1, 0.15) is 0 Å². The summed E-state index contributed by atoms with van der Waals surface area (Å²) in [6.45, 7) is 0. The van der Waals surface area contributed by atoms with E-state index >= 15 is 0 Å². The molecule has 0 fully saturated rings. The minimum atomic E-state index is 0.0276. The molecular formula is C9H8N2O. The molecular weight excluding hydrogens is 152 g/mol. The summed E-state index contributed by atoms with van der Waals surface area (Å²) >= 11 is 0. The quantitative estimate of drug-likeness (QED) is 0.614. The van der Waals surface area contributed by atoms with Gasteiger partial charge in [-0.25, -0.2) is 4.98 Å². The van der Waals surface area contributed by atoms with E-state index in [2.05, 4.69) is 4.98 Å². The molecule has 0 saturated carbocycles. The van der Waals surface area contributed by atoms with E-state index in [1.807, 2.05) is 18.2 Å². The zero-order valence-electron chi connectivity index (χ0n) is 6.36. The average molecular weight is 160 g/mol. The number of aromatic nitrogens is 1. The van der Waals surface area contributed by atoms with Gasteiger partial charge in [0.15, 0.2) is 0 Å². The maximum absolute atomic E-state index is 9.33. The highest BCUT2D eigenvalue weighted by molar-refractivity contribution is 5.95. The van der Waals surface area contributed by atoms with Crippen LogP contribution in [0, 0.1) is 0 Å². The van der Waals surface area contributed by atoms with Crippen LogP contribution in [0.15, 0.2) is 30.5 Å². The second-order valence-electron chi connectivity index (χ2n) is 2.58. The molecule has 3 nitrogen and oxygen atoms in total. The number of hydrogen-bond acceptors (Lipinski definition) is 3. The fraction of sp³-hybridized carbons (Fsp3) is 0. The number of aromatic hydroxyl groups is 1. The zero-order chi connectivity index (χ0) is 8.55. The van der Waals surface area contributed by atoms with Gasteiger partial charge in [0, 0.05) is 10.8 Å². The van der Waals surface area contributed by atoms with E-state index in [0.29, 0.717) is 11.1 Å². The van der Waals surface area contributed by atoms with E-state index in [0.717, 1.165) is 5.39 Å². The minimum Gasteiger partial charge on any atom is -0.493 e. The van der Waals surface area contributed by atoms with Gasteiger partial charge < -0.3 is 10.8 Å². The highest BCUT2D eigenvalue weighted by Crippen LogP contribution is 2.25. The lowest BCUT2D eigenvalue weighted by atomic mass is 10.1. The second-order valence-corrected chi connectivity index (χ2v) is 2.58. The molecule has 2 rings (SSSR count). The van der Waals surface area contributed by atoms with Crippen LogP contribution < -0.4 is 5.73 Å². The Morgan fingerprint density at radius 2 is 1.83 bits per heavy atom. The molecule has 60 valence electrons. The van der Waals surface area contributed by atoms with Crippen molar-refractivity contribution >= 4 is 16.5 Å². The number of benzene rings is 1. The Bertz CT molecular complexity index is 385. The van der Waals surface area contributed by atoms with Gasteiger partial charge in [-0.15, -0.1) is 0 Å². The molecule has 12 heavy (non-hydrogen) atoms. The molecule has 3 N–H and O–H groups in total. The maximum atomic E-state index is 9.33. The van der Waals surface area contributed by atoms with Crippen molar-refractivity contribution in [2.24, 2.45) is 0 Å². The van der Waals surface area contributed by atoms with E-state index in [1.165, 1.54) is 6.20 Å². The van der Waals surface area contributed by atoms with Gasteiger partial charge in [0.25, 0.3) is 0 Å². The zero-order valence-corrected chi connectivity index (χ0v) is 6.36. The number of pyridine rings is 1. The molecule has 0 atom stereocenters. The van der Waals surface area contributed by atoms with Crippen LogP contribution in [-0.4, -0.2) is 10.1 Å². The SMILES string of the molecule is Nc1cnc(O)c2ccccc12. The fourth-order valence-corrected chi connectivity index (χ4v) is 1.20. The van der Waals surface area contributed by atoms with Crippen LogP contribution in [0.5, 0.6) is 5.88 Å². The van der Waals surface area contributed by atoms with Crippen molar-refractivity contribution in [3.63, 3.8) is 0 Å². The highest BCUT2D eigenvalue weighted by Gasteiger charge is 2.01. The third kappa shape index (κ3) is 0.871. The molecule has 0 amide bonds. The predicted octanol–water partition coefficient (Wildman–Crippen LogP) is 1.52. The summed E-state index contributed by atoms with van der Waals surface area (Å²) in [6, 6.07) is 7.35. The third-order valence-electron chi connectivity index (χ3n) is 1.80. The number of rotatable bonds is 0. The summed E-state index contributed by atoms with van der Waals surface area (Å²) in [5.41, 5.74) is 6.24. The number of nitrogens with two attached hydrogens (primary N) is 1. The molecule has 0 aliphatic carbocycles. The van der Waals surface area contributed by atoms with Crippen molar-refractivity contribution in [3.8, 4) is 5.88 Å². The van der Waals surface area contributed by atoms with Gasteiger partial charge in [0.2, 0.25) is 5.88 Å². The first-order valence-electron chi connectivity index (χ1n) is 3.61. The van der Waals surface area contributed by atoms with Crippen molar-refractivity contribution in [2.45, 2.75) is 0 Å². The molecule has 2 aromatic rings. The standard InChI is InChI=1S/C9H8N2O/c10-8-5-11-9(12)7-4-2-1-3-6(7)8/h1-5H,10H2,(H,11,12). The van der Waals surface area contributed by atoms with Gasteiger partial charge in [-0.05, 0) is 6.07 Å². The Balaban J connectivity index is 2.95. The Morgan fingerprint density at radius 1 is 1.17 bits per heavy atom. The molecule has 0 unspecified atom stereocenters. The molecule has 1 aromatic carbocycles. The Morgan fingerprint density at radius 3 is 2.50 bits per heavy atom. The smallest absolute Gasteiger partial charge is 0.218 e. The fourth-order valence-electron chi connectivity index (χ4n) is 1.20. The van der Waals surface area contributed by atoms with Crippen LogP contribution in [0.4, 0.5) is 5.69 Å². The largest absolute Gasteiger partial charge is 0.493 e. The number of hydrogen-bond donors (Lipinski definition) is 2. The highest BCUT2D eigenvalue weighted by atomic mass is 16.3. The van der Waals surface area contributed by atoms with Crippen molar-refractivity contribution < 1.29 is 5.11 Å². The topological polar surface area (TPSA) is 59.1 Å². The van der Waals surface area contributed by atoms with Crippen LogP contribution >= 0.6 is 0 Å². The average Bonchev–Trinajstić information content (AvgIpc) is 2.12. The van der Waals surface area contributed by atoms with Crippen LogP contribution in [-0.2, 0) is 0 Å². The molecule has 1 aromatic heterocycles. The van der Waals surface area contributed by atoms with Crippen LogP contribution in [0.25, 0.3) is 10.8 Å². The number of fused-ring (bicyclic) bond motifs is 1. The number of nitrogen functional groups attached to an aromatic ring is 1. The Hall–Kier alpha value is -1.77. The van der Waals surface area contributed by atoms with Crippen molar-refractivity contribution in [3.05, 3.63) is 30.5 Å². The molecule has 0 bridgehead atoms. The van der Waals surface area contributed by atoms with Crippen molar-refractivity contribution in [1.82, 2.24) is 4.98 Å². The summed E-state index contributed by atoms with van der Waals surface area (Å²) < 4.78 is 0. The summed E-state index contributed by atoms with van der Waals surface area (Å²) in [5.74, 6) is 0.0276. The van der Waals surface area contributed by atoms with Gasteiger partial charge in [0.1, 0.15) is 0 Å². The predicted molar refractivity (Wildman–Crippen MR) is 47.8 cm³/mol. The molecule has 0 radical (unpaired) electrons. The molecule has 0 aliphatic heterocycles. The third-order valence-corrected chi connectivity index (χ3v) is 1.80. The molecule has 0 aliphatic rings. The van der Waals surface area contributed by atoms with Crippen molar-refractivity contribution in [1.29, 1.82) is 0 Å². The summed E-state index contributed by atoms with van der Waals surface area (Å²) in [6.07, 6.45) is 1.46. The summed E-state index contributed by atoms with van der Waals surface area (Å²) in [4.78, 5) is 3.74. The lowest BCUT2D eigenvalue weighted by Gasteiger charge is -2.01. The van der Waals surface area contributed by atoms with E-state index in [4.69, 9.17) is 5.73 Å². The summed E-state index contributed by atoms with van der Waals surface area (Å²) in [5, 5.41) is 10.9. The molecule has 0 saturated heterocycles. The molecule has 3 heteroatoms. The lowest BCUT2D eigenvalue weighted by Crippen LogP contribution is -1.88. The van der Waals surface area contributed by atoms with Gasteiger partial charge in [-0.3, -0.25) is 0 Å². The Labute approximate surface area is 69.5 Å². The van der Waals surface area contributed by atoms with Gasteiger partial charge in [-0.2, -0.15) is 0 Å². The maximum Gasteiger partial charge on any atom is 0.218 e. The van der Waals surface area contributed by atoms with Gasteiger partial charge >= 0.3 is 0 Å². The lowest BCUT2D eigenvalue weighted by molar-refractivity contribution is 0.460. The van der Waals surface area contributed by atoms with E-state index in [9.17, 15) is 5.11 Å². The van der Waals surface area contributed by atoms with E-state index < -0.39 is 0 Å². The minimum absolute atomic E-state index is 0.0276. The van der Waals surface area contributed by atoms with E-state index in [-0.39, 0.29) is 5.88 Å². The first-order chi connectivity index (χ1) is 5.79. The molecule has 1 heterocycles. The van der Waals surface area contributed by atoms with Gasteiger partial charge in [0.05, 0.1) is 11.9 Å². The first kappa shape index (κ1) is 6.91. The van der Waals surface area contributed by atoms with Gasteiger partial charge in [-0.1, -0.05) is 18.2 Å². The molecule has 0 spiro atoms. The summed E-state index contributed by atoms with van der Waals surface area (Å²) in [7, 11) is 0. The number of nitrogens with zero attached hydrogens (tertiary/aromatic N) is 1. The Kier molecular flexibility index (Phi) is 1.37. The van der Waals surface area contributed by atoms with Crippen LogP contribution in [0.2, 0.25) is 0 Å². The normalized spacial score (nSPS) is 10.3. The second kappa shape index (κ2) is 2.37. The van der Waals surface area contributed by atoms with Crippen molar-refractivity contribution in [2.75, 3.05) is 5.73 Å². The monoisotopic (exact) mass is 160 g/mol. The first-order valence-corrected chi connectivity index (χ1v) is 3.61. The number of anilines is 1.